The number of aromatic nitrogens is 5. The summed E-state index contributed by atoms with van der Waals surface area (Å²) in [4.78, 5) is 4.38. The predicted molar refractivity (Wildman–Crippen MR) is 111 cm³/mol. The first-order valence-electron chi connectivity index (χ1n) is 9.08. The van der Waals surface area contributed by atoms with Crippen molar-refractivity contribution >= 4 is 11.8 Å². The molecular weight excluding hydrogens is 407 g/mol. The van der Waals surface area contributed by atoms with E-state index in [1.54, 1.807) is 26.2 Å². The van der Waals surface area contributed by atoms with Crippen molar-refractivity contribution in [3.8, 4) is 28.5 Å². The Morgan fingerprint density at radius 3 is 2.57 bits per heavy atom. The zero-order valence-corrected chi connectivity index (χ0v) is 17.4. The Bertz CT molecular complexity index is 1170. The van der Waals surface area contributed by atoms with Gasteiger partial charge < -0.3 is 15.1 Å². The Balaban J connectivity index is 1.51. The second kappa shape index (κ2) is 8.15. The van der Waals surface area contributed by atoms with Crippen LogP contribution >= 0.6 is 11.8 Å². The molecule has 10 heteroatoms. The molecule has 0 radical (unpaired) electrons. The number of ether oxygens (including phenoxy) is 1. The van der Waals surface area contributed by atoms with Gasteiger partial charge in [0.2, 0.25) is 16.9 Å². The van der Waals surface area contributed by atoms with Crippen molar-refractivity contribution in [1.82, 2.24) is 25.0 Å². The molecule has 2 aromatic carbocycles. The summed E-state index contributed by atoms with van der Waals surface area (Å²) in [7, 11) is 1.61. The zero-order valence-electron chi connectivity index (χ0n) is 16.5. The highest BCUT2D eigenvalue weighted by Crippen LogP contribution is 2.34. The van der Waals surface area contributed by atoms with Crippen LogP contribution in [0.15, 0.2) is 52.1 Å². The molecule has 8 nitrogen and oxygen atoms in total. The third kappa shape index (κ3) is 3.86. The summed E-state index contributed by atoms with van der Waals surface area (Å²) in [5.74, 6) is 7.84. The highest BCUT2D eigenvalue weighted by Gasteiger charge is 2.21. The van der Waals surface area contributed by atoms with E-state index in [9.17, 15) is 4.39 Å². The summed E-state index contributed by atoms with van der Waals surface area (Å²) in [6, 6.07) is 12.2. The molecule has 0 bridgehead atoms. The maximum Gasteiger partial charge on any atom is 0.240 e. The van der Waals surface area contributed by atoms with Crippen molar-refractivity contribution in [2.75, 3.05) is 13.0 Å². The molecule has 0 aliphatic carbocycles. The smallest absolute Gasteiger partial charge is 0.240 e. The highest BCUT2D eigenvalue weighted by molar-refractivity contribution is 7.99. The molecule has 2 N–H and O–H groups in total. The van der Waals surface area contributed by atoms with E-state index in [1.165, 1.54) is 22.5 Å². The van der Waals surface area contributed by atoms with E-state index >= 15 is 0 Å². The number of rotatable bonds is 6. The lowest BCUT2D eigenvalue weighted by Gasteiger charge is -2.07. The molecule has 0 saturated heterocycles. The lowest BCUT2D eigenvalue weighted by molar-refractivity contribution is 0.380. The van der Waals surface area contributed by atoms with Gasteiger partial charge in [-0.15, -0.1) is 10.2 Å². The summed E-state index contributed by atoms with van der Waals surface area (Å²) in [5.41, 5.74) is 1.92. The molecule has 0 aliphatic rings. The van der Waals surface area contributed by atoms with Crippen molar-refractivity contribution in [3.05, 3.63) is 59.7 Å². The molecule has 0 saturated carbocycles. The fourth-order valence-corrected chi connectivity index (χ4v) is 3.55. The number of halogens is 1. The quantitative estimate of drug-likeness (QED) is 0.364. The van der Waals surface area contributed by atoms with Crippen LogP contribution in [0.25, 0.3) is 22.8 Å². The minimum Gasteiger partial charge on any atom is -0.497 e. The van der Waals surface area contributed by atoms with Crippen LogP contribution in [-0.2, 0) is 0 Å². The summed E-state index contributed by atoms with van der Waals surface area (Å²) in [6.07, 6.45) is 0. The van der Waals surface area contributed by atoms with Crippen LogP contribution in [0, 0.1) is 12.7 Å². The Labute approximate surface area is 176 Å². The molecule has 4 rings (SSSR count). The first-order chi connectivity index (χ1) is 14.5. The predicted octanol–water partition coefficient (Wildman–Crippen LogP) is 4.02. The molecule has 2 heterocycles. The van der Waals surface area contributed by atoms with Gasteiger partial charge in [-0.05, 0) is 49.7 Å². The van der Waals surface area contributed by atoms with Crippen molar-refractivity contribution in [1.29, 1.82) is 0 Å². The summed E-state index contributed by atoms with van der Waals surface area (Å²) < 4.78 is 25.8. The van der Waals surface area contributed by atoms with Crippen LogP contribution in [0.5, 0.6) is 5.75 Å². The van der Waals surface area contributed by atoms with Gasteiger partial charge in [-0.2, -0.15) is 4.98 Å². The maximum atomic E-state index is 13.8. The molecule has 0 amide bonds. The van der Waals surface area contributed by atoms with E-state index in [-0.39, 0.29) is 11.1 Å². The largest absolute Gasteiger partial charge is 0.497 e. The molecule has 0 aliphatic heterocycles. The van der Waals surface area contributed by atoms with Gasteiger partial charge in [0, 0.05) is 11.1 Å². The third-order valence-electron chi connectivity index (χ3n) is 4.51. The number of benzene rings is 2. The average molecular weight is 426 g/mol. The highest BCUT2D eigenvalue weighted by atomic mass is 32.2. The standard InChI is InChI=1S/C20H19FN6O2S/c1-11-4-5-14(10-16(11)21)17-23-19(29-26-17)12(2)30-20-25-24-18(27(20)22)13-6-8-15(28-3)9-7-13/h4-10,12H,22H2,1-3H3. The van der Waals surface area contributed by atoms with Gasteiger partial charge >= 0.3 is 0 Å². The van der Waals surface area contributed by atoms with Crippen LogP contribution in [-0.4, -0.2) is 32.1 Å². The average Bonchev–Trinajstić information content (AvgIpc) is 3.38. The number of thioether (sulfide) groups is 1. The minimum atomic E-state index is -0.316. The van der Waals surface area contributed by atoms with Crippen molar-refractivity contribution in [3.63, 3.8) is 0 Å². The van der Waals surface area contributed by atoms with Gasteiger partial charge in [-0.25, -0.2) is 9.07 Å². The molecule has 1 unspecified atom stereocenters. The van der Waals surface area contributed by atoms with E-state index in [0.717, 1.165) is 11.3 Å². The van der Waals surface area contributed by atoms with Crippen molar-refractivity contribution < 1.29 is 13.7 Å². The minimum absolute atomic E-state index is 0.239. The Morgan fingerprint density at radius 2 is 1.87 bits per heavy atom. The molecule has 1 atom stereocenters. The first-order valence-corrected chi connectivity index (χ1v) is 9.96. The van der Waals surface area contributed by atoms with E-state index in [0.29, 0.717) is 33.8 Å². The lowest BCUT2D eigenvalue weighted by atomic mass is 10.1. The zero-order chi connectivity index (χ0) is 21.3. The second-order valence-electron chi connectivity index (χ2n) is 6.58. The number of nitrogen functional groups attached to an aromatic ring is 1. The van der Waals surface area contributed by atoms with Crippen molar-refractivity contribution in [2.24, 2.45) is 0 Å². The van der Waals surface area contributed by atoms with E-state index < -0.39 is 0 Å². The monoisotopic (exact) mass is 426 g/mol. The molecule has 154 valence electrons. The molecule has 0 fully saturated rings. The fraction of sp³-hybridized carbons (Fsp3) is 0.200. The van der Waals surface area contributed by atoms with Crippen LogP contribution in [0.3, 0.4) is 0 Å². The number of aryl methyl sites for hydroxylation is 1. The molecule has 0 spiro atoms. The van der Waals surface area contributed by atoms with Crippen LogP contribution in [0.2, 0.25) is 0 Å². The van der Waals surface area contributed by atoms with Crippen LogP contribution in [0.4, 0.5) is 4.39 Å². The Kier molecular flexibility index (Phi) is 5.40. The first kappa shape index (κ1) is 19.9. The number of hydrogen-bond donors (Lipinski definition) is 1. The van der Waals surface area contributed by atoms with Gasteiger partial charge in [0.05, 0.1) is 12.4 Å². The van der Waals surface area contributed by atoms with Gasteiger partial charge in [0.1, 0.15) is 11.6 Å². The van der Waals surface area contributed by atoms with Gasteiger partial charge in [0.25, 0.3) is 0 Å². The number of methoxy groups -OCH3 is 1. The summed E-state index contributed by atoms with van der Waals surface area (Å²) in [6.45, 7) is 3.59. The maximum absolute atomic E-state index is 13.8. The number of hydrogen-bond acceptors (Lipinski definition) is 8. The van der Waals surface area contributed by atoms with E-state index in [4.69, 9.17) is 15.1 Å². The lowest BCUT2D eigenvalue weighted by Crippen LogP contribution is -2.12. The Hall–Kier alpha value is -3.40. The van der Waals surface area contributed by atoms with E-state index in [2.05, 4.69) is 20.3 Å². The molecular formula is C20H19FN6O2S. The van der Waals surface area contributed by atoms with Gasteiger partial charge in [0.15, 0.2) is 5.82 Å². The summed E-state index contributed by atoms with van der Waals surface area (Å²) >= 11 is 1.33. The number of nitrogens with zero attached hydrogens (tertiary/aromatic N) is 5. The molecule has 4 aromatic rings. The second-order valence-corrected chi connectivity index (χ2v) is 7.89. The normalized spacial score (nSPS) is 12.1. The van der Waals surface area contributed by atoms with Crippen LogP contribution in [0.1, 0.15) is 23.6 Å². The van der Waals surface area contributed by atoms with E-state index in [1.807, 2.05) is 31.2 Å². The topological polar surface area (TPSA) is 105 Å². The number of nitrogens with two attached hydrogens (primary N) is 1. The fourth-order valence-electron chi connectivity index (χ4n) is 2.75. The Morgan fingerprint density at radius 1 is 1.13 bits per heavy atom. The van der Waals surface area contributed by atoms with Gasteiger partial charge in [-0.1, -0.05) is 29.1 Å². The SMILES string of the molecule is COc1ccc(-c2nnc(SC(C)c3nc(-c4ccc(C)c(F)c4)no3)n2N)cc1. The van der Waals surface area contributed by atoms with Gasteiger partial charge in [-0.3, -0.25) is 0 Å². The summed E-state index contributed by atoms with van der Waals surface area (Å²) in [5, 5.41) is 12.6. The molecule has 30 heavy (non-hydrogen) atoms. The third-order valence-corrected chi connectivity index (χ3v) is 5.56. The molecule has 2 aromatic heterocycles. The van der Waals surface area contributed by atoms with Crippen molar-refractivity contribution in [2.45, 2.75) is 24.3 Å². The van der Waals surface area contributed by atoms with Crippen LogP contribution < -0.4 is 10.6 Å².